The van der Waals surface area contributed by atoms with Crippen LogP contribution in [0, 0.1) is 27.9 Å². The van der Waals surface area contributed by atoms with Crippen LogP contribution in [0.25, 0.3) is 11.3 Å². The zero-order chi connectivity index (χ0) is 17.4. The maximum absolute atomic E-state index is 14.3. The third-order valence-corrected chi connectivity index (χ3v) is 4.07. The molecule has 0 aliphatic carbocycles. The van der Waals surface area contributed by atoms with Crippen molar-refractivity contribution in [3.8, 4) is 11.3 Å². The van der Waals surface area contributed by atoms with Gasteiger partial charge in [-0.2, -0.15) is 5.16 Å². The van der Waals surface area contributed by atoms with E-state index in [1.165, 1.54) is 0 Å². The average molecular weight is 446 g/mol. The second kappa shape index (κ2) is 6.34. The molecule has 0 saturated carbocycles. The highest BCUT2D eigenvalue weighted by atomic mass is 127. The fourth-order valence-corrected chi connectivity index (χ4v) is 2.88. The Labute approximate surface area is 147 Å². The maximum atomic E-state index is 14.3. The topological polar surface area (TPSA) is 58.0 Å². The molecular weight excluding hydrogens is 436 g/mol. The SMILES string of the molecule is Cc1cc(I)ccc1Nc1c(-c2cc(=O)[nH]o2)cc(F)c(F)c1F. The molecule has 0 saturated heterocycles. The van der Waals surface area contributed by atoms with E-state index in [0.717, 1.165) is 21.3 Å². The summed E-state index contributed by atoms with van der Waals surface area (Å²) < 4.78 is 47.4. The zero-order valence-electron chi connectivity index (χ0n) is 12.2. The number of hydrogen-bond acceptors (Lipinski definition) is 3. The summed E-state index contributed by atoms with van der Waals surface area (Å²) >= 11 is 2.12. The summed E-state index contributed by atoms with van der Waals surface area (Å²) in [6.45, 7) is 1.79. The molecule has 1 heterocycles. The smallest absolute Gasteiger partial charge is 0.280 e. The van der Waals surface area contributed by atoms with Gasteiger partial charge in [-0.05, 0) is 59.3 Å². The van der Waals surface area contributed by atoms with Crippen molar-refractivity contribution in [1.29, 1.82) is 0 Å². The molecule has 4 nitrogen and oxygen atoms in total. The summed E-state index contributed by atoms with van der Waals surface area (Å²) in [5, 5.41) is 4.78. The molecule has 1 aromatic heterocycles. The maximum Gasteiger partial charge on any atom is 0.280 e. The van der Waals surface area contributed by atoms with Crippen LogP contribution in [0.15, 0.2) is 39.6 Å². The molecule has 2 N–H and O–H groups in total. The lowest BCUT2D eigenvalue weighted by molar-refractivity contribution is 0.423. The predicted octanol–water partition coefficient (Wildman–Crippen LogP) is 4.71. The van der Waals surface area contributed by atoms with Crippen LogP contribution in [-0.2, 0) is 0 Å². The molecule has 0 unspecified atom stereocenters. The first-order chi connectivity index (χ1) is 11.4. The minimum absolute atomic E-state index is 0.108. The Kier molecular flexibility index (Phi) is 4.39. The predicted molar refractivity (Wildman–Crippen MR) is 91.8 cm³/mol. The number of benzene rings is 2. The summed E-state index contributed by atoms with van der Waals surface area (Å²) in [6, 6.07) is 7.11. The van der Waals surface area contributed by atoms with E-state index in [2.05, 4.69) is 27.9 Å². The van der Waals surface area contributed by atoms with Crippen molar-refractivity contribution in [1.82, 2.24) is 5.16 Å². The molecule has 2 aromatic carbocycles. The Morgan fingerprint density at radius 1 is 1.12 bits per heavy atom. The first-order valence-corrected chi connectivity index (χ1v) is 7.84. The molecule has 124 valence electrons. The molecule has 0 amide bonds. The van der Waals surface area contributed by atoms with Crippen molar-refractivity contribution in [2.24, 2.45) is 0 Å². The first-order valence-electron chi connectivity index (χ1n) is 6.76. The quantitative estimate of drug-likeness (QED) is 0.453. The Morgan fingerprint density at radius 2 is 1.88 bits per heavy atom. The van der Waals surface area contributed by atoms with Gasteiger partial charge in [0.25, 0.3) is 5.56 Å². The van der Waals surface area contributed by atoms with Crippen LogP contribution in [0.1, 0.15) is 5.56 Å². The highest BCUT2D eigenvalue weighted by molar-refractivity contribution is 14.1. The van der Waals surface area contributed by atoms with Crippen LogP contribution < -0.4 is 10.9 Å². The molecule has 0 atom stereocenters. The molecule has 24 heavy (non-hydrogen) atoms. The highest BCUT2D eigenvalue weighted by Gasteiger charge is 2.22. The Hall–Kier alpha value is -2.23. The number of aryl methyl sites for hydroxylation is 1. The van der Waals surface area contributed by atoms with E-state index >= 15 is 0 Å². The van der Waals surface area contributed by atoms with Gasteiger partial charge in [-0.1, -0.05) is 0 Å². The summed E-state index contributed by atoms with van der Waals surface area (Å²) in [6.07, 6.45) is 0. The molecule has 0 radical (unpaired) electrons. The van der Waals surface area contributed by atoms with E-state index in [9.17, 15) is 18.0 Å². The van der Waals surface area contributed by atoms with Gasteiger partial charge in [0.1, 0.15) is 0 Å². The third kappa shape index (κ3) is 3.05. The Morgan fingerprint density at radius 3 is 2.50 bits per heavy atom. The largest absolute Gasteiger partial charge is 0.378 e. The third-order valence-electron chi connectivity index (χ3n) is 3.40. The van der Waals surface area contributed by atoms with Crippen molar-refractivity contribution >= 4 is 34.0 Å². The van der Waals surface area contributed by atoms with Crippen LogP contribution >= 0.6 is 22.6 Å². The van der Waals surface area contributed by atoms with Crippen LogP contribution in [-0.4, -0.2) is 5.16 Å². The Balaban J connectivity index is 2.18. The molecular formula is C16H10F3IN2O2. The van der Waals surface area contributed by atoms with Crippen LogP contribution in [0.5, 0.6) is 0 Å². The van der Waals surface area contributed by atoms with Crippen molar-refractivity contribution in [2.75, 3.05) is 5.32 Å². The van der Waals surface area contributed by atoms with E-state index < -0.39 is 23.0 Å². The number of rotatable bonds is 3. The number of H-pyrrole nitrogens is 1. The van der Waals surface area contributed by atoms with Gasteiger partial charge in [0.15, 0.2) is 23.2 Å². The van der Waals surface area contributed by atoms with Gasteiger partial charge in [-0.15, -0.1) is 0 Å². The first kappa shape index (κ1) is 16.6. The fraction of sp³-hybridized carbons (Fsp3) is 0.0625. The fourth-order valence-electron chi connectivity index (χ4n) is 2.23. The molecule has 0 aliphatic rings. The van der Waals surface area contributed by atoms with E-state index in [1.807, 2.05) is 11.2 Å². The standard InChI is InChI=1S/C16H10F3IN2O2/c1-7-4-8(20)2-3-11(7)21-16-9(12-6-13(23)22-24-12)5-10(17)14(18)15(16)19/h2-6,21H,1H3,(H,22,23). The van der Waals surface area contributed by atoms with Gasteiger partial charge < -0.3 is 9.84 Å². The van der Waals surface area contributed by atoms with Crippen molar-refractivity contribution < 1.29 is 17.7 Å². The molecule has 8 heteroatoms. The molecule has 3 rings (SSSR count). The van der Waals surface area contributed by atoms with Gasteiger partial charge in [0, 0.05) is 14.8 Å². The number of hydrogen-bond donors (Lipinski definition) is 2. The number of anilines is 2. The van der Waals surface area contributed by atoms with Crippen LogP contribution in [0.2, 0.25) is 0 Å². The normalized spacial score (nSPS) is 10.9. The summed E-state index contributed by atoms with van der Waals surface area (Å²) in [7, 11) is 0. The molecule has 3 aromatic rings. The van der Waals surface area contributed by atoms with Gasteiger partial charge in [0.05, 0.1) is 11.8 Å². The van der Waals surface area contributed by atoms with Gasteiger partial charge in [0.2, 0.25) is 0 Å². The average Bonchev–Trinajstić information content (AvgIpc) is 2.96. The van der Waals surface area contributed by atoms with Gasteiger partial charge in [-0.3, -0.25) is 4.79 Å². The number of aromatic amines is 1. The van der Waals surface area contributed by atoms with Gasteiger partial charge >= 0.3 is 0 Å². The Bertz CT molecular complexity index is 982. The number of halogens is 4. The van der Waals surface area contributed by atoms with E-state index in [0.29, 0.717) is 5.69 Å². The number of aromatic nitrogens is 1. The van der Waals surface area contributed by atoms with E-state index in [-0.39, 0.29) is 17.0 Å². The zero-order valence-corrected chi connectivity index (χ0v) is 14.4. The van der Waals surface area contributed by atoms with Gasteiger partial charge in [-0.25, -0.2) is 13.2 Å². The summed E-state index contributed by atoms with van der Waals surface area (Å²) in [5.74, 6) is -4.49. The molecule has 0 spiro atoms. The van der Waals surface area contributed by atoms with Crippen molar-refractivity contribution in [2.45, 2.75) is 6.92 Å². The lowest BCUT2D eigenvalue weighted by atomic mass is 10.1. The summed E-state index contributed by atoms with van der Waals surface area (Å²) in [4.78, 5) is 11.2. The van der Waals surface area contributed by atoms with E-state index in [1.54, 1.807) is 19.1 Å². The van der Waals surface area contributed by atoms with Crippen LogP contribution in [0.4, 0.5) is 24.5 Å². The van der Waals surface area contributed by atoms with Crippen LogP contribution in [0.3, 0.4) is 0 Å². The van der Waals surface area contributed by atoms with E-state index in [4.69, 9.17) is 4.52 Å². The second-order valence-electron chi connectivity index (χ2n) is 5.07. The van der Waals surface area contributed by atoms with Crippen molar-refractivity contribution in [3.63, 3.8) is 0 Å². The molecule has 0 aliphatic heterocycles. The lowest BCUT2D eigenvalue weighted by Gasteiger charge is -2.14. The number of nitrogens with one attached hydrogen (secondary N) is 2. The monoisotopic (exact) mass is 446 g/mol. The highest BCUT2D eigenvalue weighted by Crippen LogP contribution is 2.35. The summed E-state index contributed by atoms with van der Waals surface area (Å²) in [5.41, 5.74) is 0.294. The molecule has 0 fully saturated rings. The minimum Gasteiger partial charge on any atom is -0.378 e. The second-order valence-corrected chi connectivity index (χ2v) is 6.32. The lowest BCUT2D eigenvalue weighted by Crippen LogP contribution is -2.03. The molecule has 0 bridgehead atoms. The van der Waals surface area contributed by atoms with Crippen molar-refractivity contribution in [3.05, 3.63) is 67.3 Å². The minimum atomic E-state index is -1.61.